The molecule has 1 aliphatic rings. The summed E-state index contributed by atoms with van der Waals surface area (Å²) in [5.41, 5.74) is 1.29. The number of amides is 1. The van der Waals surface area contributed by atoms with Crippen molar-refractivity contribution in [1.29, 1.82) is 0 Å². The number of carbonyl (C=O) groups excluding carboxylic acids is 1. The van der Waals surface area contributed by atoms with Gasteiger partial charge in [0.05, 0.1) is 0 Å². The zero-order valence-corrected chi connectivity index (χ0v) is 10.3. The number of rotatable bonds is 4. The van der Waals surface area contributed by atoms with Crippen LogP contribution in [0.4, 0.5) is 0 Å². The van der Waals surface area contributed by atoms with Crippen molar-refractivity contribution in [1.82, 2.24) is 5.32 Å². The normalized spacial score (nSPS) is 26.9. The van der Waals surface area contributed by atoms with Crippen LogP contribution in [0.2, 0.25) is 0 Å². The molecule has 0 radical (unpaired) electrons. The lowest BCUT2D eigenvalue weighted by Gasteiger charge is -2.33. The average Bonchev–Trinajstić information content (AvgIpc) is 2.23. The number of carbonyl (C=O) groups is 1. The third-order valence-electron chi connectivity index (χ3n) is 3.03. The number of hydrogen-bond acceptors (Lipinski definition) is 1. The molecule has 1 aliphatic heterocycles. The van der Waals surface area contributed by atoms with Crippen molar-refractivity contribution < 1.29 is 4.79 Å². The Balaban J connectivity index is 2.69. The Morgan fingerprint density at radius 1 is 1.62 bits per heavy atom. The Morgan fingerprint density at radius 3 is 2.94 bits per heavy atom. The summed E-state index contributed by atoms with van der Waals surface area (Å²) < 4.78 is 0. The topological polar surface area (TPSA) is 29.1 Å². The summed E-state index contributed by atoms with van der Waals surface area (Å²) in [7, 11) is 0. The number of nitrogens with one attached hydrogen (secondary N) is 1. The number of allylic oxidation sites excluding steroid dienone is 5. The van der Waals surface area contributed by atoms with Gasteiger partial charge in [0.15, 0.2) is 0 Å². The molecule has 0 aromatic heterocycles. The van der Waals surface area contributed by atoms with Gasteiger partial charge in [-0.2, -0.15) is 0 Å². The minimum absolute atomic E-state index is 0.0872. The fourth-order valence-electron chi connectivity index (χ4n) is 2.10. The lowest BCUT2D eigenvalue weighted by molar-refractivity contribution is -0.125. The van der Waals surface area contributed by atoms with Gasteiger partial charge in [-0.25, -0.2) is 0 Å². The second-order valence-electron chi connectivity index (χ2n) is 4.74. The molecule has 1 unspecified atom stereocenters. The summed E-state index contributed by atoms with van der Waals surface area (Å²) in [5, 5.41) is 2.87. The van der Waals surface area contributed by atoms with Crippen molar-refractivity contribution in [2.45, 2.75) is 33.1 Å². The van der Waals surface area contributed by atoms with Gasteiger partial charge >= 0.3 is 0 Å². The number of hydrogen-bond donors (Lipinski definition) is 1. The second kappa shape index (κ2) is 5.69. The van der Waals surface area contributed by atoms with E-state index in [9.17, 15) is 4.79 Å². The van der Waals surface area contributed by atoms with Gasteiger partial charge in [-0.15, -0.1) is 0 Å². The first-order valence-electron chi connectivity index (χ1n) is 5.81. The predicted octanol–water partition coefficient (Wildman–Crippen LogP) is 2.98. The summed E-state index contributed by atoms with van der Waals surface area (Å²) >= 11 is 0. The van der Waals surface area contributed by atoms with Crippen molar-refractivity contribution in [2.24, 2.45) is 5.41 Å². The maximum Gasteiger partial charge on any atom is 0.220 e. The van der Waals surface area contributed by atoms with E-state index >= 15 is 0 Å². The molecule has 0 spiro atoms. The van der Waals surface area contributed by atoms with Crippen LogP contribution in [-0.2, 0) is 4.79 Å². The van der Waals surface area contributed by atoms with Gasteiger partial charge in [0.2, 0.25) is 5.91 Å². The molecule has 1 heterocycles. The molecule has 0 aromatic rings. The molecule has 1 amide bonds. The van der Waals surface area contributed by atoms with Crippen LogP contribution in [0.3, 0.4) is 0 Å². The van der Waals surface area contributed by atoms with Crippen LogP contribution in [0.15, 0.2) is 36.5 Å². The molecule has 88 valence electrons. The molecule has 1 atom stereocenters. The molecule has 1 fully saturated rings. The smallest absolute Gasteiger partial charge is 0.220 e. The molecule has 0 saturated carbocycles. The Hall–Kier alpha value is -1.31. The van der Waals surface area contributed by atoms with E-state index in [2.05, 4.69) is 24.9 Å². The van der Waals surface area contributed by atoms with Crippen molar-refractivity contribution in [3.8, 4) is 0 Å². The van der Waals surface area contributed by atoms with Crippen LogP contribution in [0.5, 0.6) is 0 Å². The standard InChI is InChI=1S/C14H21NO/c1-4-6-7-12(5-2)10-14(3)8-9-15-13(16)11-14/h4-7H,2,8-11H2,1,3H3,(H,15,16)/b6-4-,12-7+. The highest BCUT2D eigenvalue weighted by molar-refractivity contribution is 5.77. The summed E-state index contributed by atoms with van der Waals surface area (Å²) in [6.45, 7) is 8.79. The first-order valence-corrected chi connectivity index (χ1v) is 5.81. The molecule has 2 heteroatoms. The molecule has 1 N–H and O–H groups in total. The maximum absolute atomic E-state index is 11.4. The summed E-state index contributed by atoms with van der Waals surface area (Å²) in [4.78, 5) is 11.4. The second-order valence-corrected chi connectivity index (χ2v) is 4.74. The minimum atomic E-state index is 0.0872. The largest absolute Gasteiger partial charge is 0.356 e. The van der Waals surface area contributed by atoms with Crippen molar-refractivity contribution in [3.05, 3.63) is 36.5 Å². The van der Waals surface area contributed by atoms with Crippen LogP contribution < -0.4 is 5.32 Å². The SMILES string of the molecule is C=C/C(=C\C=C/C)CC1(C)CCNC(=O)C1. The molecular formula is C14H21NO. The van der Waals surface area contributed by atoms with Crippen LogP contribution in [0.25, 0.3) is 0 Å². The molecular weight excluding hydrogens is 198 g/mol. The van der Waals surface area contributed by atoms with E-state index in [0.29, 0.717) is 6.42 Å². The molecule has 1 rings (SSSR count). The minimum Gasteiger partial charge on any atom is -0.356 e. The van der Waals surface area contributed by atoms with E-state index in [-0.39, 0.29) is 11.3 Å². The summed E-state index contributed by atoms with van der Waals surface area (Å²) in [6, 6.07) is 0. The third-order valence-corrected chi connectivity index (χ3v) is 3.03. The highest BCUT2D eigenvalue weighted by atomic mass is 16.1. The van der Waals surface area contributed by atoms with Crippen molar-refractivity contribution >= 4 is 5.91 Å². The third kappa shape index (κ3) is 3.69. The van der Waals surface area contributed by atoms with Gasteiger partial charge in [0, 0.05) is 13.0 Å². The molecule has 0 bridgehead atoms. The molecule has 16 heavy (non-hydrogen) atoms. The van der Waals surface area contributed by atoms with Crippen LogP contribution >= 0.6 is 0 Å². The molecule has 0 aliphatic carbocycles. The first-order chi connectivity index (χ1) is 7.59. The average molecular weight is 219 g/mol. The van der Waals surface area contributed by atoms with Gasteiger partial charge < -0.3 is 5.32 Å². The monoisotopic (exact) mass is 219 g/mol. The summed E-state index contributed by atoms with van der Waals surface area (Å²) in [5.74, 6) is 0.170. The van der Waals surface area contributed by atoms with Crippen LogP contribution in [0, 0.1) is 5.41 Å². The van der Waals surface area contributed by atoms with Gasteiger partial charge in [-0.3, -0.25) is 4.79 Å². The molecule has 0 aromatic carbocycles. The van der Waals surface area contributed by atoms with Gasteiger partial charge in [-0.05, 0) is 30.8 Å². The van der Waals surface area contributed by atoms with E-state index in [4.69, 9.17) is 0 Å². The highest BCUT2D eigenvalue weighted by Crippen LogP contribution is 2.35. The zero-order valence-electron chi connectivity index (χ0n) is 10.3. The molecule has 2 nitrogen and oxygen atoms in total. The van der Waals surface area contributed by atoms with Crippen LogP contribution in [0.1, 0.15) is 33.1 Å². The number of piperidine rings is 1. The highest BCUT2D eigenvalue weighted by Gasteiger charge is 2.31. The van der Waals surface area contributed by atoms with Gasteiger partial charge in [0.25, 0.3) is 0 Å². The lowest BCUT2D eigenvalue weighted by Crippen LogP contribution is -2.39. The lowest BCUT2D eigenvalue weighted by atomic mass is 9.75. The zero-order chi connectivity index (χ0) is 12.0. The van der Waals surface area contributed by atoms with E-state index < -0.39 is 0 Å². The van der Waals surface area contributed by atoms with Gasteiger partial charge in [0.1, 0.15) is 0 Å². The van der Waals surface area contributed by atoms with Crippen molar-refractivity contribution in [3.63, 3.8) is 0 Å². The van der Waals surface area contributed by atoms with Gasteiger partial charge in [-0.1, -0.05) is 37.8 Å². The fourth-order valence-corrected chi connectivity index (χ4v) is 2.10. The Kier molecular flexibility index (Phi) is 4.53. The van der Waals surface area contributed by atoms with E-state index in [0.717, 1.165) is 19.4 Å². The Bertz CT molecular complexity index is 328. The van der Waals surface area contributed by atoms with Crippen molar-refractivity contribution in [2.75, 3.05) is 6.54 Å². The van der Waals surface area contributed by atoms with Crippen LogP contribution in [-0.4, -0.2) is 12.5 Å². The Morgan fingerprint density at radius 2 is 2.38 bits per heavy atom. The Labute approximate surface area is 98.1 Å². The maximum atomic E-state index is 11.4. The molecule has 1 saturated heterocycles. The van der Waals surface area contributed by atoms with E-state index in [1.165, 1.54) is 5.57 Å². The van der Waals surface area contributed by atoms with E-state index in [1.807, 2.05) is 25.2 Å². The fraction of sp³-hybridized carbons (Fsp3) is 0.500. The quantitative estimate of drug-likeness (QED) is 0.724. The van der Waals surface area contributed by atoms with E-state index in [1.54, 1.807) is 0 Å². The first kappa shape index (κ1) is 12.8. The predicted molar refractivity (Wildman–Crippen MR) is 68.1 cm³/mol. The summed E-state index contributed by atoms with van der Waals surface area (Å²) in [6.07, 6.45) is 10.6.